The van der Waals surface area contributed by atoms with Crippen molar-refractivity contribution in [2.75, 3.05) is 7.11 Å². The summed E-state index contributed by atoms with van der Waals surface area (Å²) in [6, 6.07) is 20.9. The number of carbonyl (C=O) groups is 1. The van der Waals surface area contributed by atoms with E-state index in [2.05, 4.69) is 0 Å². The minimum absolute atomic E-state index is 0.0271. The summed E-state index contributed by atoms with van der Waals surface area (Å²) in [4.78, 5) is 12.9. The van der Waals surface area contributed by atoms with E-state index in [0.29, 0.717) is 21.5 Å². The maximum Gasteiger partial charge on any atom is 0.356 e. The van der Waals surface area contributed by atoms with Gasteiger partial charge in [-0.25, -0.2) is 17.2 Å². The molecule has 4 aromatic rings. The van der Waals surface area contributed by atoms with Gasteiger partial charge in [-0.2, -0.15) is 0 Å². The molecule has 0 saturated heterocycles. The number of benzene rings is 3. The molecule has 158 valence electrons. The first-order valence-electron chi connectivity index (χ1n) is 9.61. The Morgan fingerprint density at radius 1 is 0.935 bits per heavy atom. The number of hydrogen-bond acceptors (Lipinski definition) is 4. The van der Waals surface area contributed by atoms with Crippen molar-refractivity contribution in [3.63, 3.8) is 0 Å². The van der Waals surface area contributed by atoms with Crippen LogP contribution in [0.4, 0.5) is 0 Å². The summed E-state index contributed by atoms with van der Waals surface area (Å²) >= 11 is 6.37. The number of nitrogens with zero attached hydrogens (tertiary/aromatic N) is 1. The monoisotopic (exact) mass is 453 g/mol. The summed E-state index contributed by atoms with van der Waals surface area (Å²) in [6.07, 6.45) is 0.224. The lowest BCUT2D eigenvalue weighted by Gasteiger charge is -2.14. The highest BCUT2D eigenvalue weighted by atomic mass is 35.5. The van der Waals surface area contributed by atoms with Crippen LogP contribution in [0.5, 0.6) is 0 Å². The molecule has 0 aliphatic rings. The van der Waals surface area contributed by atoms with E-state index in [1.807, 2.05) is 31.2 Å². The highest BCUT2D eigenvalue weighted by Crippen LogP contribution is 2.33. The van der Waals surface area contributed by atoms with E-state index in [1.54, 1.807) is 36.4 Å². The second-order valence-electron chi connectivity index (χ2n) is 7.18. The number of methoxy groups -OCH3 is 1. The average molecular weight is 454 g/mol. The minimum atomic E-state index is -4.09. The Labute approximate surface area is 185 Å². The second kappa shape index (κ2) is 8.21. The predicted molar refractivity (Wildman–Crippen MR) is 121 cm³/mol. The quantitative estimate of drug-likeness (QED) is 0.389. The van der Waals surface area contributed by atoms with Crippen LogP contribution in [-0.2, 0) is 21.2 Å². The molecular weight excluding hydrogens is 434 g/mol. The summed E-state index contributed by atoms with van der Waals surface area (Å²) < 4.78 is 33.6. The van der Waals surface area contributed by atoms with E-state index in [4.69, 9.17) is 16.3 Å². The summed E-state index contributed by atoms with van der Waals surface area (Å²) in [6.45, 7) is 1.88. The first-order chi connectivity index (χ1) is 14.8. The molecule has 3 aromatic carbocycles. The Kier molecular flexibility index (Phi) is 5.60. The molecule has 0 aliphatic carbocycles. The zero-order valence-electron chi connectivity index (χ0n) is 17.0. The molecule has 0 N–H and O–H groups in total. The molecule has 0 aliphatic heterocycles. The van der Waals surface area contributed by atoms with Gasteiger partial charge in [0.2, 0.25) is 0 Å². The normalized spacial score (nSPS) is 11.6. The van der Waals surface area contributed by atoms with Gasteiger partial charge in [-0.15, -0.1) is 0 Å². The van der Waals surface area contributed by atoms with Gasteiger partial charge in [0, 0.05) is 27.9 Å². The molecule has 1 heterocycles. The molecule has 0 amide bonds. The zero-order valence-corrected chi connectivity index (χ0v) is 18.6. The summed E-state index contributed by atoms with van der Waals surface area (Å²) in [7, 11) is -2.86. The summed E-state index contributed by atoms with van der Waals surface area (Å²) in [5, 5.41) is 1.68. The van der Waals surface area contributed by atoms with Crippen LogP contribution in [0, 0.1) is 6.92 Å². The Bertz CT molecular complexity index is 1390. The maximum atomic E-state index is 13.8. The van der Waals surface area contributed by atoms with Gasteiger partial charge < -0.3 is 4.74 Å². The van der Waals surface area contributed by atoms with Crippen LogP contribution < -0.4 is 0 Å². The number of carbonyl (C=O) groups excluding carboxylic acids is 1. The summed E-state index contributed by atoms with van der Waals surface area (Å²) in [5.41, 5.74) is 2.11. The first-order valence-corrected chi connectivity index (χ1v) is 11.4. The molecule has 0 fully saturated rings. The number of hydrogen-bond donors (Lipinski definition) is 0. The van der Waals surface area contributed by atoms with Crippen LogP contribution in [-0.4, -0.2) is 25.5 Å². The second-order valence-corrected chi connectivity index (χ2v) is 9.38. The fourth-order valence-electron chi connectivity index (χ4n) is 3.65. The SMILES string of the molecule is COC(=O)c1c2ccccc2c(Cc2ccccc2Cl)n1S(=O)(=O)c1ccc(C)cc1. The van der Waals surface area contributed by atoms with E-state index in [0.717, 1.165) is 15.1 Å². The van der Waals surface area contributed by atoms with Crippen molar-refractivity contribution in [2.24, 2.45) is 0 Å². The van der Waals surface area contributed by atoms with Crippen molar-refractivity contribution < 1.29 is 17.9 Å². The number of fused-ring (bicyclic) bond motifs is 1. The molecule has 0 radical (unpaired) electrons. The molecule has 0 bridgehead atoms. The van der Waals surface area contributed by atoms with Gasteiger partial charge in [-0.1, -0.05) is 71.8 Å². The third-order valence-corrected chi connectivity index (χ3v) is 7.32. The lowest BCUT2D eigenvalue weighted by molar-refractivity contribution is 0.0595. The van der Waals surface area contributed by atoms with Crippen LogP contribution in [0.2, 0.25) is 5.02 Å². The number of esters is 1. The third-order valence-electron chi connectivity index (χ3n) is 5.20. The highest BCUT2D eigenvalue weighted by Gasteiger charge is 2.31. The van der Waals surface area contributed by atoms with Gasteiger partial charge in [0.1, 0.15) is 5.69 Å². The van der Waals surface area contributed by atoms with Crippen LogP contribution in [0.3, 0.4) is 0 Å². The largest absolute Gasteiger partial charge is 0.464 e. The fraction of sp³-hybridized carbons (Fsp3) is 0.125. The van der Waals surface area contributed by atoms with E-state index in [-0.39, 0.29) is 17.0 Å². The van der Waals surface area contributed by atoms with Crippen molar-refractivity contribution in [3.8, 4) is 0 Å². The molecule has 0 saturated carbocycles. The molecule has 0 spiro atoms. The Morgan fingerprint density at radius 3 is 2.19 bits per heavy atom. The fourth-order valence-corrected chi connectivity index (χ4v) is 5.41. The number of aryl methyl sites for hydroxylation is 1. The van der Waals surface area contributed by atoms with Gasteiger partial charge in [0.05, 0.1) is 12.0 Å². The number of ether oxygens (including phenoxy) is 1. The van der Waals surface area contributed by atoms with Crippen LogP contribution in [0.25, 0.3) is 10.8 Å². The minimum Gasteiger partial charge on any atom is -0.464 e. The molecule has 0 unspecified atom stereocenters. The molecule has 1 aromatic heterocycles. The van der Waals surface area contributed by atoms with Gasteiger partial charge in [-0.3, -0.25) is 0 Å². The predicted octanol–water partition coefficient (Wildman–Crippen LogP) is 5.22. The molecule has 7 heteroatoms. The van der Waals surface area contributed by atoms with Crippen LogP contribution in [0.1, 0.15) is 27.3 Å². The number of rotatable bonds is 5. The highest BCUT2D eigenvalue weighted by molar-refractivity contribution is 7.90. The van der Waals surface area contributed by atoms with Gasteiger partial charge >= 0.3 is 5.97 Å². The van der Waals surface area contributed by atoms with Gasteiger partial charge in [0.15, 0.2) is 0 Å². The zero-order chi connectivity index (χ0) is 22.2. The van der Waals surface area contributed by atoms with E-state index >= 15 is 0 Å². The first kappa shape index (κ1) is 21.2. The molecular formula is C24H20ClNO4S. The number of halogens is 1. The van der Waals surface area contributed by atoms with Crippen molar-refractivity contribution >= 4 is 38.4 Å². The van der Waals surface area contributed by atoms with Gasteiger partial charge in [-0.05, 0) is 30.7 Å². The lowest BCUT2D eigenvalue weighted by Crippen LogP contribution is -2.22. The van der Waals surface area contributed by atoms with E-state index in [9.17, 15) is 13.2 Å². The Hall–Kier alpha value is -3.09. The Balaban J connectivity index is 2.07. The third kappa shape index (κ3) is 3.73. The van der Waals surface area contributed by atoms with E-state index < -0.39 is 16.0 Å². The molecule has 4 rings (SSSR count). The lowest BCUT2D eigenvalue weighted by atomic mass is 10.1. The number of aromatic nitrogens is 1. The van der Waals surface area contributed by atoms with Crippen molar-refractivity contribution in [1.29, 1.82) is 0 Å². The van der Waals surface area contributed by atoms with Crippen LogP contribution >= 0.6 is 11.6 Å². The standard InChI is InChI=1S/C24H20ClNO4S/c1-16-11-13-18(14-12-16)31(28,29)26-22(15-17-7-3-6-10-21(17)25)19-8-4-5-9-20(19)23(26)24(27)30-2/h3-14H,15H2,1-2H3. The van der Waals surface area contributed by atoms with Crippen molar-refractivity contribution in [1.82, 2.24) is 3.97 Å². The average Bonchev–Trinajstić information content (AvgIpc) is 3.10. The topological polar surface area (TPSA) is 65.4 Å². The van der Waals surface area contributed by atoms with Gasteiger partial charge in [0.25, 0.3) is 10.0 Å². The maximum absolute atomic E-state index is 13.8. The Morgan fingerprint density at radius 2 is 1.55 bits per heavy atom. The van der Waals surface area contributed by atoms with Crippen LogP contribution in [0.15, 0.2) is 77.7 Å². The molecule has 0 atom stereocenters. The summed E-state index contributed by atoms with van der Waals surface area (Å²) in [5.74, 6) is -0.725. The van der Waals surface area contributed by atoms with E-state index in [1.165, 1.54) is 19.2 Å². The van der Waals surface area contributed by atoms with Crippen molar-refractivity contribution in [2.45, 2.75) is 18.2 Å². The molecule has 31 heavy (non-hydrogen) atoms. The smallest absolute Gasteiger partial charge is 0.356 e. The van der Waals surface area contributed by atoms with Crippen molar-refractivity contribution in [3.05, 3.63) is 100 Å². The molecule has 5 nitrogen and oxygen atoms in total.